The summed E-state index contributed by atoms with van der Waals surface area (Å²) >= 11 is 3.30. The Morgan fingerprint density at radius 1 is 1.47 bits per heavy atom. The molecule has 1 aromatic rings. The highest BCUT2D eigenvalue weighted by atomic mass is 79.9. The lowest BCUT2D eigenvalue weighted by molar-refractivity contribution is -0.143. The van der Waals surface area contributed by atoms with Crippen LogP contribution in [0.4, 0.5) is 0 Å². The Kier molecular flexibility index (Phi) is 4.12. The van der Waals surface area contributed by atoms with E-state index in [1.165, 1.54) is 5.56 Å². The predicted octanol–water partition coefficient (Wildman–Crippen LogP) is 2.14. The predicted molar refractivity (Wildman–Crippen MR) is 67.6 cm³/mol. The van der Waals surface area contributed by atoms with Crippen molar-refractivity contribution in [2.75, 3.05) is 13.1 Å². The molecule has 1 saturated heterocycles. The molecular formula is C12H15BrN2O2. The smallest absolute Gasteiger partial charge is 0.306 e. The second kappa shape index (κ2) is 5.60. The Balaban J connectivity index is 1.85. The van der Waals surface area contributed by atoms with Gasteiger partial charge in [0.2, 0.25) is 0 Å². The highest BCUT2D eigenvalue weighted by molar-refractivity contribution is 9.10. The number of hydrogen-bond acceptors (Lipinski definition) is 3. The third kappa shape index (κ3) is 3.51. The van der Waals surface area contributed by atoms with E-state index in [4.69, 9.17) is 5.11 Å². The zero-order valence-electron chi connectivity index (χ0n) is 9.47. The molecule has 0 spiro atoms. The molecule has 1 N–H and O–H groups in total. The number of carboxylic acid groups (broad SMARTS) is 1. The lowest BCUT2D eigenvalue weighted by Gasteiger charge is -2.29. The molecule has 1 aliphatic rings. The molecule has 1 aromatic heterocycles. The largest absolute Gasteiger partial charge is 0.481 e. The summed E-state index contributed by atoms with van der Waals surface area (Å²) in [6.07, 6.45) is 3.35. The number of pyridine rings is 1. The van der Waals surface area contributed by atoms with Crippen LogP contribution in [-0.4, -0.2) is 34.0 Å². The van der Waals surface area contributed by atoms with Gasteiger partial charge in [0.15, 0.2) is 0 Å². The number of hydrogen-bond donors (Lipinski definition) is 1. The summed E-state index contributed by atoms with van der Waals surface area (Å²) in [4.78, 5) is 17.3. The van der Waals surface area contributed by atoms with Gasteiger partial charge in [-0.1, -0.05) is 6.07 Å². The second-order valence-electron chi connectivity index (χ2n) is 4.38. The molecule has 17 heavy (non-hydrogen) atoms. The van der Waals surface area contributed by atoms with E-state index in [1.54, 1.807) is 0 Å². The van der Waals surface area contributed by atoms with Crippen molar-refractivity contribution in [3.8, 4) is 0 Å². The Labute approximate surface area is 109 Å². The Morgan fingerprint density at radius 3 is 2.71 bits per heavy atom. The van der Waals surface area contributed by atoms with E-state index in [9.17, 15) is 4.79 Å². The minimum atomic E-state index is -0.657. The summed E-state index contributed by atoms with van der Waals surface area (Å²) in [5, 5.41) is 8.91. The monoisotopic (exact) mass is 298 g/mol. The van der Waals surface area contributed by atoms with Crippen LogP contribution in [0.2, 0.25) is 0 Å². The van der Waals surface area contributed by atoms with E-state index in [1.807, 2.05) is 18.3 Å². The van der Waals surface area contributed by atoms with E-state index >= 15 is 0 Å². The Bertz CT molecular complexity index is 386. The van der Waals surface area contributed by atoms with Crippen molar-refractivity contribution in [1.82, 2.24) is 9.88 Å². The number of carboxylic acids is 1. The molecule has 2 rings (SSSR count). The fraction of sp³-hybridized carbons (Fsp3) is 0.500. The van der Waals surface area contributed by atoms with E-state index in [2.05, 4.69) is 25.8 Å². The first-order valence-electron chi connectivity index (χ1n) is 5.71. The molecule has 5 heteroatoms. The summed E-state index contributed by atoms with van der Waals surface area (Å²) in [5.41, 5.74) is 1.17. The minimum absolute atomic E-state index is 0.158. The number of rotatable bonds is 3. The van der Waals surface area contributed by atoms with Crippen LogP contribution in [0.3, 0.4) is 0 Å². The van der Waals surface area contributed by atoms with E-state index in [-0.39, 0.29) is 5.92 Å². The summed E-state index contributed by atoms with van der Waals surface area (Å²) in [6, 6.07) is 3.97. The SMILES string of the molecule is O=C(O)C1CCN(Cc2ccc(Br)nc2)CC1. The molecule has 92 valence electrons. The number of aliphatic carboxylic acids is 1. The molecule has 4 nitrogen and oxygen atoms in total. The van der Waals surface area contributed by atoms with Crippen LogP contribution in [0, 0.1) is 5.92 Å². The van der Waals surface area contributed by atoms with Crippen molar-refractivity contribution in [1.29, 1.82) is 0 Å². The number of carbonyl (C=O) groups is 1. The fourth-order valence-corrected chi connectivity index (χ4v) is 2.33. The topological polar surface area (TPSA) is 53.4 Å². The molecule has 2 heterocycles. The minimum Gasteiger partial charge on any atom is -0.481 e. The van der Waals surface area contributed by atoms with Crippen molar-refractivity contribution < 1.29 is 9.90 Å². The van der Waals surface area contributed by atoms with Gasteiger partial charge in [0.1, 0.15) is 4.60 Å². The molecular weight excluding hydrogens is 284 g/mol. The molecule has 0 saturated carbocycles. The average molecular weight is 299 g/mol. The zero-order valence-corrected chi connectivity index (χ0v) is 11.1. The third-order valence-corrected chi connectivity index (χ3v) is 3.60. The van der Waals surface area contributed by atoms with Crippen LogP contribution in [0.1, 0.15) is 18.4 Å². The van der Waals surface area contributed by atoms with Crippen LogP contribution in [0.25, 0.3) is 0 Å². The quantitative estimate of drug-likeness (QED) is 0.869. The van der Waals surface area contributed by atoms with Gasteiger partial charge < -0.3 is 5.11 Å². The molecule has 1 fully saturated rings. The normalized spacial score (nSPS) is 18.2. The highest BCUT2D eigenvalue weighted by Gasteiger charge is 2.24. The first-order chi connectivity index (χ1) is 8.15. The molecule has 0 aliphatic carbocycles. The van der Waals surface area contributed by atoms with Crippen LogP contribution in [0.15, 0.2) is 22.9 Å². The standard InChI is InChI=1S/C12H15BrN2O2/c13-11-2-1-9(7-14-11)8-15-5-3-10(4-6-15)12(16)17/h1-2,7,10H,3-6,8H2,(H,16,17). The van der Waals surface area contributed by atoms with Crippen LogP contribution < -0.4 is 0 Å². The van der Waals surface area contributed by atoms with E-state index < -0.39 is 5.97 Å². The lowest BCUT2D eigenvalue weighted by Crippen LogP contribution is -2.35. The van der Waals surface area contributed by atoms with Gasteiger partial charge in [-0.15, -0.1) is 0 Å². The summed E-state index contributed by atoms with van der Waals surface area (Å²) in [5.74, 6) is -0.816. The molecule has 0 bridgehead atoms. The van der Waals surface area contributed by atoms with Gasteiger partial charge >= 0.3 is 5.97 Å². The van der Waals surface area contributed by atoms with Crippen LogP contribution in [-0.2, 0) is 11.3 Å². The van der Waals surface area contributed by atoms with Crippen molar-refractivity contribution in [2.45, 2.75) is 19.4 Å². The Morgan fingerprint density at radius 2 is 2.18 bits per heavy atom. The van der Waals surface area contributed by atoms with Gasteiger partial charge in [0.05, 0.1) is 5.92 Å². The van der Waals surface area contributed by atoms with Gasteiger partial charge in [-0.25, -0.2) is 4.98 Å². The molecule has 1 aliphatic heterocycles. The number of piperidine rings is 1. The Hall–Kier alpha value is -0.940. The summed E-state index contributed by atoms with van der Waals surface area (Å²) < 4.78 is 0.839. The van der Waals surface area contributed by atoms with Gasteiger partial charge in [0, 0.05) is 12.7 Å². The van der Waals surface area contributed by atoms with E-state index in [0.717, 1.165) is 37.1 Å². The van der Waals surface area contributed by atoms with Crippen LogP contribution >= 0.6 is 15.9 Å². The average Bonchev–Trinajstić information content (AvgIpc) is 2.33. The molecule has 0 atom stereocenters. The zero-order chi connectivity index (χ0) is 12.3. The maximum Gasteiger partial charge on any atom is 0.306 e. The number of halogens is 1. The van der Waals surface area contributed by atoms with Gasteiger partial charge in [-0.2, -0.15) is 0 Å². The van der Waals surface area contributed by atoms with Gasteiger partial charge in [0.25, 0.3) is 0 Å². The summed E-state index contributed by atoms with van der Waals surface area (Å²) in [6.45, 7) is 2.56. The lowest BCUT2D eigenvalue weighted by atomic mass is 9.97. The molecule has 0 amide bonds. The van der Waals surface area contributed by atoms with Crippen molar-refractivity contribution >= 4 is 21.9 Å². The van der Waals surface area contributed by atoms with Gasteiger partial charge in [-0.3, -0.25) is 9.69 Å². The number of likely N-dealkylation sites (tertiary alicyclic amines) is 1. The first-order valence-corrected chi connectivity index (χ1v) is 6.50. The maximum atomic E-state index is 10.8. The van der Waals surface area contributed by atoms with Crippen molar-refractivity contribution in [3.05, 3.63) is 28.5 Å². The highest BCUT2D eigenvalue weighted by Crippen LogP contribution is 2.19. The molecule has 0 aromatic carbocycles. The van der Waals surface area contributed by atoms with Crippen molar-refractivity contribution in [2.24, 2.45) is 5.92 Å². The number of nitrogens with zero attached hydrogens (tertiary/aromatic N) is 2. The number of aromatic nitrogens is 1. The fourth-order valence-electron chi connectivity index (χ4n) is 2.10. The second-order valence-corrected chi connectivity index (χ2v) is 5.19. The third-order valence-electron chi connectivity index (χ3n) is 3.13. The molecule has 0 unspecified atom stereocenters. The van der Waals surface area contributed by atoms with Crippen LogP contribution in [0.5, 0.6) is 0 Å². The van der Waals surface area contributed by atoms with E-state index in [0.29, 0.717) is 0 Å². The van der Waals surface area contributed by atoms with Crippen molar-refractivity contribution in [3.63, 3.8) is 0 Å². The van der Waals surface area contributed by atoms with Gasteiger partial charge in [-0.05, 0) is 53.5 Å². The maximum absolute atomic E-state index is 10.8. The first kappa shape index (κ1) is 12.5. The summed E-state index contributed by atoms with van der Waals surface area (Å²) in [7, 11) is 0. The molecule has 0 radical (unpaired) electrons.